The van der Waals surface area contributed by atoms with Crippen molar-refractivity contribution in [3.05, 3.63) is 29.8 Å². The monoisotopic (exact) mass is 236 g/mol. The summed E-state index contributed by atoms with van der Waals surface area (Å²) in [5.41, 5.74) is -0.371. The van der Waals surface area contributed by atoms with Crippen LogP contribution in [-0.2, 0) is 0 Å². The molecular formula is C12H16N2O3. The average Bonchev–Trinajstić information content (AvgIpc) is 2.75. The van der Waals surface area contributed by atoms with Crippen molar-refractivity contribution in [1.29, 1.82) is 0 Å². The lowest BCUT2D eigenvalue weighted by molar-refractivity contribution is 0.0562. The van der Waals surface area contributed by atoms with Crippen LogP contribution in [0.4, 0.5) is 0 Å². The molecule has 0 radical (unpaired) electrons. The van der Waals surface area contributed by atoms with E-state index in [0.29, 0.717) is 18.5 Å². The molecule has 92 valence electrons. The van der Waals surface area contributed by atoms with E-state index in [9.17, 15) is 9.90 Å². The molecule has 1 fully saturated rings. The second-order valence-corrected chi connectivity index (χ2v) is 4.38. The third-order valence-electron chi connectivity index (χ3n) is 2.93. The van der Waals surface area contributed by atoms with E-state index in [-0.39, 0.29) is 18.2 Å². The van der Waals surface area contributed by atoms with Gasteiger partial charge in [0.25, 0.3) is 5.91 Å². The van der Waals surface area contributed by atoms with Crippen LogP contribution in [0.15, 0.2) is 24.3 Å². The van der Waals surface area contributed by atoms with Crippen molar-refractivity contribution in [3.8, 4) is 5.75 Å². The number of amides is 1. The van der Waals surface area contributed by atoms with Gasteiger partial charge >= 0.3 is 0 Å². The summed E-state index contributed by atoms with van der Waals surface area (Å²) in [4.78, 5) is 11.7. The highest BCUT2D eigenvalue weighted by Gasteiger charge is 2.31. The number of carbonyl (C=O) groups excluding carboxylic acids is 1. The minimum absolute atomic E-state index is 0.125. The van der Waals surface area contributed by atoms with Crippen LogP contribution in [0.2, 0.25) is 0 Å². The first-order chi connectivity index (χ1) is 8.09. The van der Waals surface area contributed by atoms with Crippen molar-refractivity contribution in [2.24, 2.45) is 0 Å². The maximum absolute atomic E-state index is 11.7. The van der Waals surface area contributed by atoms with Gasteiger partial charge in [0, 0.05) is 18.7 Å². The smallest absolute Gasteiger partial charge is 0.251 e. The number of carbonyl (C=O) groups is 1. The van der Waals surface area contributed by atoms with Crippen LogP contribution < -0.4 is 10.6 Å². The van der Waals surface area contributed by atoms with E-state index in [1.54, 1.807) is 12.1 Å². The molecule has 0 aromatic heterocycles. The number of β-amino-alcohol motifs (C(OH)–C–C–N with tert-alkyl or cyclic N) is 1. The number of hydrogen-bond donors (Lipinski definition) is 4. The van der Waals surface area contributed by atoms with Crippen molar-refractivity contribution in [2.45, 2.75) is 12.0 Å². The van der Waals surface area contributed by atoms with Crippen LogP contribution in [0.25, 0.3) is 0 Å². The average molecular weight is 236 g/mol. The molecular weight excluding hydrogens is 220 g/mol. The van der Waals surface area contributed by atoms with E-state index in [1.165, 1.54) is 12.1 Å². The van der Waals surface area contributed by atoms with Gasteiger partial charge in [-0.2, -0.15) is 0 Å². The van der Waals surface area contributed by atoms with Crippen molar-refractivity contribution in [3.63, 3.8) is 0 Å². The first-order valence-electron chi connectivity index (χ1n) is 5.59. The van der Waals surface area contributed by atoms with Gasteiger partial charge in [-0.1, -0.05) is 0 Å². The van der Waals surface area contributed by atoms with Gasteiger partial charge in [-0.05, 0) is 37.2 Å². The van der Waals surface area contributed by atoms with Crippen LogP contribution in [-0.4, -0.2) is 41.4 Å². The highest BCUT2D eigenvalue weighted by atomic mass is 16.3. The van der Waals surface area contributed by atoms with Crippen molar-refractivity contribution in [2.75, 3.05) is 19.6 Å². The van der Waals surface area contributed by atoms with Gasteiger partial charge < -0.3 is 20.8 Å². The lowest BCUT2D eigenvalue weighted by Crippen LogP contribution is -2.44. The zero-order valence-corrected chi connectivity index (χ0v) is 9.44. The quantitative estimate of drug-likeness (QED) is 0.588. The lowest BCUT2D eigenvalue weighted by atomic mass is 10.0. The number of phenolic OH excluding ortho intramolecular Hbond substituents is 1. The van der Waals surface area contributed by atoms with E-state index >= 15 is 0 Å². The number of rotatable bonds is 3. The third kappa shape index (κ3) is 2.95. The molecule has 5 nitrogen and oxygen atoms in total. The van der Waals surface area contributed by atoms with Crippen molar-refractivity contribution >= 4 is 5.91 Å². The molecule has 1 aliphatic heterocycles. The Morgan fingerprint density at radius 1 is 1.41 bits per heavy atom. The molecule has 0 spiro atoms. The molecule has 1 amide bonds. The minimum Gasteiger partial charge on any atom is -0.508 e. The Bertz CT molecular complexity index is 397. The fourth-order valence-electron chi connectivity index (χ4n) is 1.84. The summed E-state index contributed by atoms with van der Waals surface area (Å²) >= 11 is 0. The summed E-state index contributed by atoms with van der Waals surface area (Å²) in [6.07, 6.45) is 0.642. The zero-order chi connectivity index (χ0) is 12.3. The fourth-order valence-corrected chi connectivity index (χ4v) is 1.84. The predicted molar refractivity (Wildman–Crippen MR) is 62.9 cm³/mol. The Kier molecular flexibility index (Phi) is 3.31. The highest BCUT2D eigenvalue weighted by molar-refractivity contribution is 5.94. The van der Waals surface area contributed by atoms with E-state index in [2.05, 4.69) is 10.6 Å². The lowest BCUT2D eigenvalue weighted by Gasteiger charge is -2.21. The van der Waals surface area contributed by atoms with Gasteiger partial charge in [0.1, 0.15) is 5.75 Å². The first kappa shape index (κ1) is 11.9. The summed E-state index contributed by atoms with van der Waals surface area (Å²) in [6, 6.07) is 6.00. The van der Waals surface area contributed by atoms with Crippen molar-refractivity contribution < 1.29 is 15.0 Å². The molecule has 0 saturated carbocycles. The molecule has 1 aromatic carbocycles. The second-order valence-electron chi connectivity index (χ2n) is 4.38. The van der Waals surface area contributed by atoms with Gasteiger partial charge in [0.15, 0.2) is 0 Å². The third-order valence-corrected chi connectivity index (χ3v) is 2.93. The van der Waals surface area contributed by atoms with E-state index in [0.717, 1.165) is 6.54 Å². The van der Waals surface area contributed by atoms with Crippen LogP contribution in [0, 0.1) is 0 Å². The molecule has 5 heteroatoms. The van der Waals surface area contributed by atoms with Crippen LogP contribution in [0.1, 0.15) is 16.8 Å². The predicted octanol–water partition coefficient (Wildman–Crippen LogP) is -0.154. The van der Waals surface area contributed by atoms with Gasteiger partial charge in [-0.3, -0.25) is 4.79 Å². The first-order valence-corrected chi connectivity index (χ1v) is 5.59. The molecule has 1 atom stereocenters. The number of hydrogen-bond acceptors (Lipinski definition) is 4. The van der Waals surface area contributed by atoms with E-state index < -0.39 is 5.60 Å². The summed E-state index contributed by atoms with van der Waals surface area (Å²) in [5.74, 6) is -0.120. The normalized spacial score (nSPS) is 23.6. The molecule has 1 aliphatic rings. The van der Waals surface area contributed by atoms with E-state index in [4.69, 9.17) is 5.11 Å². The summed E-state index contributed by atoms with van der Waals surface area (Å²) in [5, 5.41) is 24.9. The van der Waals surface area contributed by atoms with Gasteiger partial charge in [0.05, 0.1) is 5.60 Å². The molecule has 2 rings (SSSR count). The standard InChI is InChI=1S/C12H16N2O3/c15-10-3-1-9(2-4-10)11(16)14-8-12(17)5-6-13-7-12/h1-4,13,15,17H,5-8H2,(H,14,16). The van der Waals surface area contributed by atoms with Crippen LogP contribution in [0.5, 0.6) is 5.75 Å². The van der Waals surface area contributed by atoms with E-state index in [1.807, 2.05) is 0 Å². The summed E-state index contributed by atoms with van der Waals surface area (Å²) in [6.45, 7) is 1.51. The molecule has 0 bridgehead atoms. The number of aliphatic hydroxyl groups is 1. The highest BCUT2D eigenvalue weighted by Crippen LogP contribution is 2.13. The van der Waals surface area contributed by atoms with Crippen LogP contribution >= 0.6 is 0 Å². The number of phenols is 1. The Labute approximate surface area is 99.5 Å². The molecule has 1 unspecified atom stereocenters. The SMILES string of the molecule is O=C(NCC1(O)CCNC1)c1ccc(O)cc1. The molecule has 4 N–H and O–H groups in total. The number of aromatic hydroxyl groups is 1. The molecule has 1 heterocycles. The maximum Gasteiger partial charge on any atom is 0.251 e. The Hall–Kier alpha value is -1.59. The topological polar surface area (TPSA) is 81.6 Å². The number of benzene rings is 1. The molecule has 0 aliphatic carbocycles. The zero-order valence-electron chi connectivity index (χ0n) is 9.44. The number of nitrogens with one attached hydrogen (secondary N) is 2. The van der Waals surface area contributed by atoms with Crippen molar-refractivity contribution in [1.82, 2.24) is 10.6 Å². The molecule has 1 saturated heterocycles. The Balaban J connectivity index is 1.91. The largest absolute Gasteiger partial charge is 0.508 e. The Morgan fingerprint density at radius 3 is 2.71 bits per heavy atom. The minimum atomic E-state index is -0.841. The van der Waals surface area contributed by atoms with Gasteiger partial charge in [-0.15, -0.1) is 0 Å². The summed E-state index contributed by atoms with van der Waals surface area (Å²) in [7, 11) is 0. The van der Waals surface area contributed by atoms with Gasteiger partial charge in [-0.25, -0.2) is 0 Å². The maximum atomic E-state index is 11.7. The Morgan fingerprint density at radius 2 is 2.12 bits per heavy atom. The van der Waals surface area contributed by atoms with Gasteiger partial charge in [0.2, 0.25) is 0 Å². The summed E-state index contributed by atoms with van der Waals surface area (Å²) < 4.78 is 0. The molecule has 1 aromatic rings. The van der Waals surface area contributed by atoms with Crippen LogP contribution in [0.3, 0.4) is 0 Å². The molecule has 17 heavy (non-hydrogen) atoms. The fraction of sp³-hybridized carbons (Fsp3) is 0.417. The second kappa shape index (κ2) is 4.73.